The van der Waals surface area contributed by atoms with Crippen LogP contribution in [0.15, 0.2) is 35.2 Å². The first-order valence-electron chi connectivity index (χ1n) is 4.54. The van der Waals surface area contributed by atoms with Gasteiger partial charge in [-0.3, -0.25) is 0 Å². The van der Waals surface area contributed by atoms with Crippen molar-refractivity contribution in [3.8, 4) is 0 Å². The highest BCUT2D eigenvalue weighted by molar-refractivity contribution is 7.99. The number of hydrogen-bond donors (Lipinski definition) is 0. The van der Waals surface area contributed by atoms with E-state index < -0.39 is 0 Å². The van der Waals surface area contributed by atoms with Crippen LogP contribution in [-0.4, -0.2) is 5.25 Å². The molecule has 0 aliphatic heterocycles. The van der Waals surface area contributed by atoms with Crippen molar-refractivity contribution in [2.75, 3.05) is 0 Å². The molecular formula is C11H16S. The molecule has 0 aliphatic rings. The summed E-state index contributed by atoms with van der Waals surface area (Å²) in [7, 11) is 0. The van der Waals surface area contributed by atoms with E-state index in [4.69, 9.17) is 0 Å². The van der Waals surface area contributed by atoms with Crippen LogP contribution in [0, 0.1) is 0 Å². The van der Waals surface area contributed by atoms with Gasteiger partial charge in [-0.05, 0) is 18.6 Å². The average Bonchev–Trinajstić information content (AvgIpc) is 2.06. The Bertz CT molecular complexity index is 206. The summed E-state index contributed by atoms with van der Waals surface area (Å²) in [5.41, 5.74) is 0. The van der Waals surface area contributed by atoms with Crippen LogP contribution in [0.2, 0.25) is 0 Å². The van der Waals surface area contributed by atoms with Crippen LogP contribution in [0.1, 0.15) is 26.7 Å². The van der Waals surface area contributed by atoms with Crippen LogP contribution >= 0.6 is 11.8 Å². The van der Waals surface area contributed by atoms with Crippen molar-refractivity contribution in [3.05, 3.63) is 30.3 Å². The number of benzene rings is 1. The minimum Gasteiger partial charge on any atom is -0.123 e. The topological polar surface area (TPSA) is 0 Å². The van der Waals surface area contributed by atoms with Gasteiger partial charge in [0.15, 0.2) is 0 Å². The van der Waals surface area contributed by atoms with Gasteiger partial charge in [0.1, 0.15) is 0 Å². The van der Waals surface area contributed by atoms with Crippen LogP contribution in [0.25, 0.3) is 0 Å². The Balaban J connectivity index is 2.41. The molecule has 0 radical (unpaired) electrons. The van der Waals surface area contributed by atoms with E-state index in [1.54, 1.807) is 0 Å². The molecule has 0 bridgehead atoms. The molecule has 1 atom stereocenters. The average molecular weight is 180 g/mol. The summed E-state index contributed by atoms with van der Waals surface area (Å²) in [4.78, 5) is 1.39. The minimum atomic E-state index is 0.748. The molecule has 0 heterocycles. The summed E-state index contributed by atoms with van der Waals surface area (Å²) in [6.45, 7) is 4.53. The molecule has 1 aromatic rings. The fourth-order valence-electron chi connectivity index (χ4n) is 1.20. The molecule has 1 unspecified atom stereocenters. The third kappa shape index (κ3) is 3.31. The van der Waals surface area contributed by atoms with Gasteiger partial charge in [-0.25, -0.2) is 0 Å². The molecule has 0 N–H and O–H groups in total. The first-order chi connectivity index (χ1) is 5.83. The van der Waals surface area contributed by atoms with E-state index in [-0.39, 0.29) is 0 Å². The van der Waals surface area contributed by atoms with Crippen molar-refractivity contribution in [1.29, 1.82) is 0 Å². The van der Waals surface area contributed by atoms with Crippen molar-refractivity contribution in [2.45, 2.75) is 36.8 Å². The minimum absolute atomic E-state index is 0.748. The van der Waals surface area contributed by atoms with Crippen molar-refractivity contribution < 1.29 is 0 Å². The molecule has 0 aromatic heterocycles. The smallest absolute Gasteiger partial charge is 0.00746 e. The molecule has 0 nitrogen and oxygen atoms in total. The Kier molecular flexibility index (Phi) is 4.23. The Morgan fingerprint density at radius 3 is 2.50 bits per heavy atom. The second-order valence-corrected chi connectivity index (χ2v) is 4.54. The van der Waals surface area contributed by atoms with Gasteiger partial charge in [0.25, 0.3) is 0 Å². The Hall–Kier alpha value is -0.430. The Morgan fingerprint density at radius 2 is 1.92 bits per heavy atom. The van der Waals surface area contributed by atoms with E-state index >= 15 is 0 Å². The number of rotatable bonds is 4. The van der Waals surface area contributed by atoms with Gasteiger partial charge >= 0.3 is 0 Å². The molecule has 0 spiro atoms. The van der Waals surface area contributed by atoms with E-state index in [2.05, 4.69) is 44.2 Å². The third-order valence-electron chi connectivity index (χ3n) is 1.78. The SMILES string of the molecule is CCCC(C)Sc1ccccc1. The van der Waals surface area contributed by atoms with Gasteiger partial charge in [-0.2, -0.15) is 0 Å². The molecule has 0 saturated carbocycles. The lowest BCUT2D eigenvalue weighted by Crippen LogP contribution is -1.93. The Labute approximate surface area is 79.4 Å². The van der Waals surface area contributed by atoms with Crippen molar-refractivity contribution in [3.63, 3.8) is 0 Å². The van der Waals surface area contributed by atoms with Crippen molar-refractivity contribution >= 4 is 11.8 Å². The van der Waals surface area contributed by atoms with E-state index in [9.17, 15) is 0 Å². The monoisotopic (exact) mass is 180 g/mol. The highest BCUT2D eigenvalue weighted by Gasteiger charge is 2.01. The fraction of sp³-hybridized carbons (Fsp3) is 0.455. The van der Waals surface area contributed by atoms with Gasteiger partial charge in [0.2, 0.25) is 0 Å². The quantitative estimate of drug-likeness (QED) is 0.632. The van der Waals surface area contributed by atoms with Crippen molar-refractivity contribution in [2.24, 2.45) is 0 Å². The third-order valence-corrected chi connectivity index (χ3v) is 2.96. The van der Waals surface area contributed by atoms with E-state index in [0.717, 1.165) is 5.25 Å². The van der Waals surface area contributed by atoms with Gasteiger partial charge in [-0.1, -0.05) is 38.5 Å². The van der Waals surface area contributed by atoms with Crippen LogP contribution < -0.4 is 0 Å². The van der Waals surface area contributed by atoms with E-state index in [1.165, 1.54) is 17.7 Å². The molecule has 66 valence electrons. The molecule has 12 heavy (non-hydrogen) atoms. The summed E-state index contributed by atoms with van der Waals surface area (Å²) in [6.07, 6.45) is 2.58. The lowest BCUT2D eigenvalue weighted by molar-refractivity contribution is 0.787. The second kappa shape index (κ2) is 5.26. The van der Waals surface area contributed by atoms with Crippen LogP contribution in [0.5, 0.6) is 0 Å². The number of thioether (sulfide) groups is 1. The summed E-state index contributed by atoms with van der Waals surface area (Å²) in [5, 5.41) is 0.748. The van der Waals surface area contributed by atoms with Gasteiger partial charge < -0.3 is 0 Å². The zero-order valence-electron chi connectivity index (χ0n) is 7.79. The van der Waals surface area contributed by atoms with E-state index in [0.29, 0.717) is 0 Å². The molecule has 1 heteroatoms. The molecule has 1 rings (SSSR count). The summed E-state index contributed by atoms with van der Waals surface area (Å²) in [5.74, 6) is 0. The lowest BCUT2D eigenvalue weighted by Gasteiger charge is -2.08. The van der Waals surface area contributed by atoms with E-state index in [1.807, 2.05) is 11.8 Å². The molecule has 0 aliphatic carbocycles. The maximum atomic E-state index is 2.29. The predicted molar refractivity (Wildman–Crippen MR) is 56.7 cm³/mol. The predicted octanol–water partition coefficient (Wildman–Crippen LogP) is 3.97. The first-order valence-corrected chi connectivity index (χ1v) is 5.42. The second-order valence-electron chi connectivity index (χ2n) is 3.03. The normalized spacial score (nSPS) is 12.8. The highest BCUT2D eigenvalue weighted by Crippen LogP contribution is 2.25. The van der Waals surface area contributed by atoms with Gasteiger partial charge in [-0.15, -0.1) is 11.8 Å². The standard InChI is InChI=1S/C11H16S/c1-3-7-10(2)12-11-8-5-4-6-9-11/h4-6,8-10H,3,7H2,1-2H3. The summed E-state index contributed by atoms with van der Waals surface area (Å²) in [6, 6.07) is 10.6. The fourth-order valence-corrected chi connectivity index (χ4v) is 2.33. The lowest BCUT2D eigenvalue weighted by atomic mass is 10.3. The van der Waals surface area contributed by atoms with Crippen LogP contribution in [0.3, 0.4) is 0 Å². The molecule has 0 fully saturated rings. The Morgan fingerprint density at radius 1 is 1.25 bits per heavy atom. The van der Waals surface area contributed by atoms with Crippen LogP contribution in [-0.2, 0) is 0 Å². The van der Waals surface area contributed by atoms with Crippen LogP contribution in [0.4, 0.5) is 0 Å². The maximum absolute atomic E-state index is 2.29. The first kappa shape index (κ1) is 9.66. The zero-order valence-corrected chi connectivity index (χ0v) is 8.60. The summed E-state index contributed by atoms with van der Waals surface area (Å²) < 4.78 is 0. The maximum Gasteiger partial charge on any atom is 0.00746 e. The van der Waals surface area contributed by atoms with Gasteiger partial charge in [0, 0.05) is 10.1 Å². The van der Waals surface area contributed by atoms with Gasteiger partial charge in [0.05, 0.1) is 0 Å². The summed E-state index contributed by atoms with van der Waals surface area (Å²) >= 11 is 1.97. The molecule has 0 saturated heterocycles. The zero-order chi connectivity index (χ0) is 8.81. The number of hydrogen-bond acceptors (Lipinski definition) is 1. The van der Waals surface area contributed by atoms with Crippen molar-refractivity contribution in [1.82, 2.24) is 0 Å². The molecule has 0 amide bonds. The highest BCUT2D eigenvalue weighted by atomic mass is 32.2. The largest absolute Gasteiger partial charge is 0.123 e. The molecule has 1 aromatic carbocycles. The molecular weight excluding hydrogens is 164 g/mol.